The zero-order valence-electron chi connectivity index (χ0n) is 26.1. The van der Waals surface area contributed by atoms with Crippen LogP contribution in [0.4, 0.5) is 5.69 Å². The van der Waals surface area contributed by atoms with Crippen molar-refractivity contribution in [3.05, 3.63) is 119 Å². The Balaban J connectivity index is 1.83. The Morgan fingerprint density at radius 3 is 2.11 bits per heavy atom. The molecule has 46 heavy (non-hydrogen) atoms. The number of carbonyl (C=O) groups is 2. The minimum Gasteiger partial charge on any atom is -0.493 e. The van der Waals surface area contributed by atoms with E-state index in [1.165, 1.54) is 37.3 Å². The maximum absolute atomic E-state index is 14.5. The predicted octanol–water partition coefficient (Wildman–Crippen LogP) is 5.72. The quantitative estimate of drug-likeness (QED) is 0.175. The van der Waals surface area contributed by atoms with Crippen LogP contribution in [0.25, 0.3) is 0 Å². The van der Waals surface area contributed by atoms with Gasteiger partial charge in [0.2, 0.25) is 11.8 Å². The topological polar surface area (TPSA) is 105 Å². The standard InChI is InChI=1S/C35H38ClN3O6S/c1-4-21-37-35(41)31(22-26-13-7-5-8-14-26)38(24-27-15-11-12-18-30(27)36)34(40)25-39(46(42,43)29-16-9-6-10-17-29)28-19-20-32(44-2)33(23-28)45-3/h5-20,23,31H,4,21-22,24-25H2,1-3H3,(H,37,41). The second-order valence-corrected chi connectivity index (χ2v) is 12.7. The van der Waals surface area contributed by atoms with Gasteiger partial charge in [0.15, 0.2) is 11.5 Å². The van der Waals surface area contributed by atoms with Crippen LogP contribution < -0.4 is 19.1 Å². The number of ether oxygens (including phenoxy) is 2. The summed E-state index contributed by atoms with van der Waals surface area (Å²) in [5, 5.41) is 3.35. The molecule has 0 aromatic heterocycles. The SMILES string of the molecule is CCCNC(=O)C(Cc1ccccc1)N(Cc1ccccc1Cl)C(=O)CN(c1ccc(OC)c(OC)c1)S(=O)(=O)c1ccccc1. The van der Waals surface area contributed by atoms with Gasteiger partial charge in [-0.15, -0.1) is 0 Å². The predicted molar refractivity (Wildman–Crippen MR) is 180 cm³/mol. The summed E-state index contributed by atoms with van der Waals surface area (Å²) >= 11 is 6.55. The Hall–Kier alpha value is -4.54. The summed E-state index contributed by atoms with van der Waals surface area (Å²) in [5.74, 6) is -0.267. The average molecular weight is 664 g/mol. The molecule has 0 aliphatic rings. The van der Waals surface area contributed by atoms with E-state index in [0.717, 1.165) is 9.87 Å². The summed E-state index contributed by atoms with van der Waals surface area (Å²) in [5.41, 5.74) is 1.63. The Labute approximate surface area is 275 Å². The average Bonchev–Trinajstić information content (AvgIpc) is 3.08. The summed E-state index contributed by atoms with van der Waals surface area (Å²) < 4.78 is 40.2. The fourth-order valence-electron chi connectivity index (χ4n) is 4.96. The van der Waals surface area contributed by atoms with E-state index < -0.39 is 28.5 Å². The van der Waals surface area contributed by atoms with E-state index in [9.17, 15) is 18.0 Å². The van der Waals surface area contributed by atoms with Crippen LogP contribution in [0.2, 0.25) is 5.02 Å². The highest BCUT2D eigenvalue weighted by atomic mass is 35.5. The molecule has 0 saturated heterocycles. The molecule has 1 atom stereocenters. The van der Waals surface area contributed by atoms with Crippen molar-refractivity contribution in [1.29, 1.82) is 0 Å². The molecule has 2 amide bonds. The van der Waals surface area contributed by atoms with Crippen LogP contribution in [-0.2, 0) is 32.6 Å². The van der Waals surface area contributed by atoms with E-state index >= 15 is 0 Å². The highest BCUT2D eigenvalue weighted by Crippen LogP contribution is 2.34. The Bertz CT molecular complexity index is 1720. The number of anilines is 1. The smallest absolute Gasteiger partial charge is 0.264 e. The van der Waals surface area contributed by atoms with Crippen molar-refractivity contribution >= 4 is 39.1 Å². The molecule has 0 fully saturated rings. The van der Waals surface area contributed by atoms with E-state index in [4.69, 9.17) is 21.1 Å². The van der Waals surface area contributed by atoms with Gasteiger partial charge in [-0.1, -0.05) is 85.3 Å². The van der Waals surface area contributed by atoms with E-state index in [-0.39, 0.29) is 35.2 Å². The summed E-state index contributed by atoms with van der Waals surface area (Å²) in [6.07, 6.45) is 0.902. The Morgan fingerprint density at radius 1 is 0.848 bits per heavy atom. The van der Waals surface area contributed by atoms with Crippen LogP contribution in [0.3, 0.4) is 0 Å². The van der Waals surface area contributed by atoms with Crippen molar-refractivity contribution in [3.63, 3.8) is 0 Å². The lowest BCUT2D eigenvalue weighted by Gasteiger charge is -2.34. The summed E-state index contributed by atoms with van der Waals surface area (Å²) in [6, 6.07) is 27.9. The van der Waals surface area contributed by atoms with Crippen molar-refractivity contribution in [2.75, 3.05) is 31.6 Å². The third-order valence-electron chi connectivity index (χ3n) is 7.38. The highest BCUT2D eigenvalue weighted by Gasteiger charge is 2.35. The molecule has 1 N–H and O–H groups in total. The number of halogens is 1. The van der Waals surface area contributed by atoms with Crippen LogP contribution in [-0.4, -0.2) is 58.5 Å². The molecule has 11 heteroatoms. The number of methoxy groups -OCH3 is 2. The number of carbonyl (C=O) groups excluding carboxylic acids is 2. The third-order valence-corrected chi connectivity index (χ3v) is 9.54. The number of hydrogen-bond acceptors (Lipinski definition) is 6. The fourth-order valence-corrected chi connectivity index (χ4v) is 6.58. The first kappa shape index (κ1) is 34.3. The molecular formula is C35H38ClN3O6S. The first-order valence-corrected chi connectivity index (χ1v) is 16.7. The molecule has 242 valence electrons. The molecule has 0 radical (unpaired) electrons. The molecule has 0 heterocycles. The maximum Gasteiger partial charge on any atom is 0.264 e. The van der Waals surface area contributed by atoms with Crippen molar-refractivity contribution < 1.29 is 27.5 Å². The zero-order chi connectivity index (χ0) is 33.1. The van der Waals surface area contributed by atoms with Crippen molar-refractivity contribution in [1.82, 2.24) is 10.2 Å². The van der Waals surface area contributed by atoms with E-state index in [1.807, 2.05) is 37.3 Å². The largest absolute Gasteiger partial charge is 0.493 e. The Kier molecular flexibility index (Phi) is 12.1. The molecule has 4 aromatic carbocycles. The number of nitrogens with one attached hydrogen (secondary N) is 1. The van der Waals surface area contributed by atoms with E-state index in [2.05, 4.69) is 5.32 Å². The van der Waals surface area contributed by atoms with Crippen LogP contribution in [0.15, 0.2) is 108 Å². The van der Waals surface area contributed by atoms with Gasteiger partial charge in [-0.25, -0.2) is 8.42 Å². The maximum atomic E-state index is 14.5. The van der Waals surface area contributed by atoms with Gasteiger partial charge in [-0.05, 0) is 47.9 Å². The van der Waals surface area contributed by atoms with Gasteiger partial charge in [0, 0.05) is 30.6 Å². The number of nitrogens with zero attached hydrogens (tertiary/aromatic N) is 2. The molecular weight excluding hydrogens is 626 g/mol. The summed E-state index contributed by atoms with van der Waals surface area (Å²) in [7, 11) is -1.35. The highest BCUT2D eigenvalue weighted by molar-refractivity contribution is 7.92. The lowest BCUT2D eigenvalue weighted by Crippen LogP contribution is -2.53. The first-order chi connectivity index (χ1) is 22.2. The van der Waals surface area contributed by atoms with Gasteiger partial charge >= 0.3 is 0 Å². The number of rotatable bonds is 15. The first-order valence-electron chi connectivity index (χ1n) is 14.8. The van der Waals surface area contributed by atoms with Gasteiger partial charge in [0.25, 0.3) is 10.0 Å². The second kappa shape index (κ2) is 16.1. The lowest BCUT2D eigenvalue weighted by atomic mass is 10.0. The van der Waals surface area contributed by atoms with Crippen LogP contribution in [0, 0.1) is 0 Å². The van der Waals surface area contributed by atoms with Crippen molar-refractivity contribution in [2.24, 2.45) is 0 Å². The second-order valence-electron chi connectivity index (χ2n) is 10.5. The molecule has 0 saturated carbocycles. The third kappa shape index (κ3) is 8.38. The monoisotopic (exact) mass is 663 g/mol. The molecule has 4 aromatic rings. The van der Waals surface area contributed by atoms with Crippen molar-refractivity contribution in [3.8, 4) is 11.5 Å². The molecule has 1 unspecified atom stereocenters. The normalized spacial score (nSPS) is 11.7. The number of benzene rings is 4. The molecule has 0 spiro atoms. The molecule has 4 rings (SSSR count). The minimum atomic E-state index is -4.26. The Morgan fingerprint density at radius 2 is 1.48 bits per heavy atom. The van der Waals surface area contributed by atoms with Crippen LogP contribution >= 0.6 is 11.6 Å². The molecule has 0 aliphatic carbocycles. The van der Waals surface area contributed by atoms with Crippen LogP contribution in [0.5, 0.6) is 11.5 Å². The zero-order valence-corrected chi connectivity index (χ0v) is 27.6. The summed E-state index contributed by atoms with van der Waals surface area (Å²) in [6.45, 7) is 1.72. The molecule has 0 bridgehead atoms. The van der Waals surface area contributed by atoms with Gasteiger partial charge in [-0.3, -0.25) is 13.9 Å². The molecule has 0 aliphatic heterocycles. The summed E-state index contributed by atoms with van der Waals surface area (Å²) in [4.78, 5) is 29.7. The number of amides is 2. The van der Waals surface area contributed by atoms with Crippen LogP contribution in [0.1, 0.15) is 24.5 Å². The van der Waals surface area contributed by atoms with Crippen molar-refractivity contribution in [2.45, 2.75) is 37.2 Å². The number of hydrogen-bond donors (Lipinski definition) is 1. The van der Waals surface area contributed by atoms with E-state index in [1.54, 1.807) is 54.6 Å². The molecule has 9 nitrogen and oxygen atoms in total. The lowest BCUT2D eigenvalue weighted by molar-refractivity contribution is -0.140. The fraction of sp³-hybridized carbons (Fsp3) is 0.257. The van der Waals surface area contributed by atoms with Gasteiger partial charge in [0.1, 0.15) is 12.6 Å². The number of sulfonamides is 1. The minimum absolute atomic E-state index is 0.00300. The van der Waals surface area contributed by atoms with Gasteiger partial charge < -0.3 is 19.7 Å². The van der Waals surface area contributed by atoms with Gasteiger partial charge in [0.05, 0.1) is 24.8 Å². The van der Waals surface area contributed by atoms with Gasteiger partial charge in [-0.2, -0.15) is 0 Å². The van der Waals surface area contributed by atoms with E-state index in [0.29, 0.717) is 29.3 Å².